The number of ether oxygens (including phenoxy) is 1. The Labute approximate surface area is 220 Å². The maximum absolute atomic E-state index is 12.8. The molecule has 4 nitrogen and oxygen atoms in total. The van der Waals surface area contributed by atoms with Gasteiger partial charge in [0.05, 0.1) is 14.4 Å². The van der Waals surface area contributed by atoms with Crippen molar-refractivity contribution in [3.05, 3.63) is 98.6 Å². The lowest BCUT2D eigenvalue weighted by atomic mass is 10.1. The van der Waals surface area contributed by atoms with Crippen LogP contribution in [0.4, 0.5) is 16.4 Å². The maximum atomic E-state index is 12.8. The summed E-state index contributed by atoms with van der Waals surface area (Å²) in [5, 5.41) is 6.07. The fourth-order valence-corrected chi connectivity index (χ4v) is 9.71. The van der Waals surface area contributed by atoms with Gasteiger partial charge in [0.2, 0.25) is 0 Å². The molecule has 180 valence electrons. The van der Waals surface area contributed by atoms with Gasteiger partial charge in [0, 0.05) is 51.4 Å². The van der Waals surface area contributed by atoms with Crippen molar-refractivity contribution in [3.8, 4) is 0 Å². The van der Waals surface area contributed by atoms with E-state index in [0.29, 0.717) is 11.1 Å². The Hall–Kier alpha value is -3.10. The second-order valence-electron chi connectivity index (χ2n) is 9.16. The molecule has 2 aromatic carbocycles. The number of nitrogens with zero attached hydrogens (tertiary/aromatic N) is 1. The van der Waals surface area contributed by atoms with Crippen molar-refractivity contribution in [1.29, 1.82) is 0 Å². The number of ketones is 2. The quantitative estimate of drug-likeness (QED) is 0.169. The predicted octanol–water partition coefficient (Wildman–Crippen LogP) is 6.51. The summed E-state index contributed by atoms with van der Waals surface area (Å²) in [6.07, 6.45) is 1.76. The van der Waals surface area contributed by atoms with Crippen LogP contribution < -0.4 is 10.1 Å². The van der Waals surface area contributed by atoms with Gasteiger partial charge in [-0.3, -0.25) is 9.59 Å². The Morgan fingerprint density at radius 2 is 1.53 bits per heavy atom. The maximum Gasteiger partial charge on any atom is 0.198 e. The topological polar surface area (TPSA) is 46.6 Å². The lowest BCUT2D eigenvalue weighted by molar-refractivity contribution is 0.0990. The summed E-state index contributed by atoms with van der Waals surface area (Å²) in [6.45, 7) is 3.83. The van der Waals surface area contributed by atoms with Gasteiger partial charge in [-0.1, -0.05) is 36.4 Å². The Kier molecular flexibility index (Phi) is 6.31. The number of Topliss-reactive ketones (excluding diaryl/α,β-unsaturated/α-hetero) is 2. The van der Waals surface area contributed by atoms with Gasteiger partial charge in [-0.15, -0.1) is 11.3 Å². The molecule has 1 fully saturated rings. The highest BCUT2D eigenvalue weighted by Gasteiger charge is 2.34. The van der Waals surface area contributed by atoms with Crippen molar-refractivity contribution in [2.24, 2.45) is 0 Å². The molecule has 1 saturated heterocycles. The largest absolute Gasteiger partial charge is 0.382 e. The third-order valence-electron chi connectivity index (χ3n) is 6.96. The van der Waals surface area contributed by atoms with Gasteiger partial charge >= 0.3 is 0 Å². The molecule has 36 heavy (non-hydrogen) atoms. The molecule has 0 spiro atoms. The number of allylic oxidation sites excluding steroid dienone is 1. The van der Waals surface area contributed by atoms with Gasteiger partial charge in [0.1, 0.15) is 5.00 Å². The van der Waals surface area contributed by atoms with E-state index < -0.39 is 8.80 Å². The van der Waals surface area contributed by atoms with Crippen LogP contribution in [0.15, 0.2) is 77.0 Å². The van der Waals surface area contributed by atoms with Crippen molar-refractivity contribution in [3.63, 3.8) is 0 Å². The smallest absolute Gasteiger partial charge is 0.198 e. The number of hydrogen-bond donors (Lipinski definition) is 0. The van der Waals surface area contributed by atoms with Gasteiger partial charge in [0.25, 0.3) is 0 Å². The molecule has 0 saturated carbocycles. The van der Waals surface area contributed by atoms with E-state index in [1.807, 2.05) is 6.07 Å². The first kappa shape index (κ1) is 23.3. The minimum atomic E-state index is -1.17. The fraction of sp³-hybridized carbons (Fsp3) is 0.172. The molecule has 0 unspecified atom stereocenters. The Morgan fingerprint density at radius 3 is 2.25 bits per heavy atom. The van der Waals surface area contributed by atoms with Gasteiger partial charge in [-0.05, 0) is 60.1 Å². The van der Waals surface area contributed by atoms with E-state index in [-0.39, 0.29) is 17.1 Å². The van der Waals surface area contributed by atoms with Crippen molar-refractivity contribution >= 4 is 70.7 Å². The van der Waals surface area contributed by atoms with Gasteiger partial charge in [-0.2, -0.15) is 11.3 Å². The lowest BCUT2D eigenvalue weighted by Gasteiger charge is -2.31. The molecule has 1 aliphatic carbocycles. The number of rotatable bonds is 5. The monoisotopic (exact) mass is 527 g/mol. The van der Waals surface area contributed by atoms with E-state index in [9.17, 15) is 9.59 Å². The molecule has 1 aliphatic heterocycles. The molecule has 0 atom stereocenters. The van der Waals surface area contributed by atoms with Crippen LogP contribution in [-0.4, -0.2) is 33.6 Å². The Morgan fingerprint density at radius 1 is 0.861 bits per heavy atom. The lowest BCUT2D eigenvalue weighted by Crippen LogP contribution is -2.38. The number of thiophene rings is 2. The standard InChI is InChI=1S/C29H25NO3S2Si/c1-19-6-2-3-7-24(19)30(25-8-4-5-9-26(25)36-14-12-33-13-15-36)27-11-10-20(35-27)16-21-28(31)22-17-34-18-23(22)29(21)32/h2-11,16-18,36H,12-15H2,1H3. The van der Waals surface area contributed by atoms with Crippen LogP contribution in [0.25, 0.3) is 6.08 Å². The van der Waals surface area contributed by atoms with Crippen molar-refractivity contribution < 1.29 is 14.3 Å². The van der Waals surface area contributed by atoms with Gasteiger partial charge in [-0.25, -0.2) is 0 Å². The first-order valence-electron chi connectivity index (χ1n) is 12.1. The summed E-state index contributed by atoms with van der Waals surface area (Å²) in [5.74, 6) is -0.337. The molecule has 6 rings (SSSR count). The van der Waals surface area contributed by atoms with E-state index in [0.717, 1.165) is 40.9 Å². The van der Waals surface area contributed by atoms with E-state index >= 15 is 0 Å². The fourth-order valence-electron chi connectivity index (χ4n) is 5.08. The van der Waals surface area contributed by atoms with Crippen LogP contribution in [0.2, 0.25) is 12.1 Å². The van der Waals surface area contributed by atoms with Crippen LogP contribution in [0.1, 0.15) is 31.2 Å². The van der Waals surface area contributed by atoms with Crippen LogP contribution in [0.5, 0.6) is 0 Å². The second-order valence-corrected chi connectivity index (χ2v) is 14.2. The number of hydrogen-bond acceptors (Lipinski definition) is 6. The second kappa shape index (κ2) is 9.75. The highest BCUT2D eigenvalue weighted by atomic mass is 32.1. The number of aryl methyl sites for hydroxylation is 1. The van der Waals surface area contributed by atoms with Crippen molar-refractivity contribution in [2.45, 2.75) is 19.0 Å². The number of carbonyl (C=O) groups excluding carboxylic acids is 2. The minimum absolute atomic E-state index is 0.169. The summed E-state index contributed by atoms with van der Waals surface area (Å²) >= 11 is 3.00. The molecule has 2 aliphatic rings. The number of carbonyl (C=O) groups is 2. The van der Waals surface area contributed by atoms with E-state index in [2.05, 4.69) is 66.4 Å². The summed E-state index contributed by atoms with van der Waals surface area (Å²) in [5.41, 5.74) is 4.89. The summed E-state index contributed by atoms with van der Waals surface area (Å²) in [6, 6.07) is 23.6. The van der Waals surface area contributed by atoms with Crippen molar-refractivity contribution in [1.82, 2.24) is 0 Å². The zero-order chi connectivity index (χ0) is 24.6. The molecular formula is C29H25NO3S2Si. The Bertz CT molecular complexity index is 1460. The number of fused-ring (bicyclic) bond motifs is 1. The molecule has 7 heteroatoms. The average molecular weight is 528 g/mol. The van der Waals surface area contributed by atoms with E-state index in [1.54, 1.807) is 28.2 Å². The zero-order valence-electron chi connectivity index (χ0n) is 19.9. The molecule has 2 aromatic heterocycles. The number of anilines is 3. The molecular weight excluding hydrogens is 503 g/mol. The Balaban J connectivity index is 1.43. The molecule has 3 heterocycles. The molecule has 0 N–H and O–H groups in total. The zero-order valence-corrected chi connectivity index (χ0v) is 22.7. The summed E-state index contributed by atoms with van der Waals surface area (Å²) in [7, 11) is -1.17. The van der Waals surface area contributed by atoms with Crippen LogP contribution >= 0.6 is 22.7 Å². The number of para-hydroxylation sites is 2. The number of benzene rings is 2. The van der Waals surface area contributed by atoms with Crippen molar-refractivity contribution in [2.75, 3.05) is 18.1 Å². The first-order valence-corrected chi connectivity index (χ1v) is 16.1. The third kappa shape index (κ3) is 4.12. The molecule has 0 radical (unpaired) electrons. The summed E-state index contributed by atoms with van der Waals surface area (Å²) in [4.78, 5) is 28.9. The van der Waals surface area contributed by atoms with Crippen LogP contribution in [0.3, 0.4) is 0 Å². The summed E-state index contributed by atoms with van der Waals surface area (Å²) < 4.78 is 5.67. The van der Waals surface area contributed by atoms with E-state index in [1.165, 1.54) is 27.8 Å². The normalized spacial score (nSPS) is 15.9. The minimum Gasteiger partial charge on any atom is -0.382 e. The predicted molar refractivity (Wildman–Crippen MR) is 152 cm³/mol. The van der Waals surface area contributed by atoms with Gasteiger partial charge in [0.15, 0.2) is 11.6 Å². The average Bonchev–Trinajstić information content (AvgIpc) is 3.63. The van der Waals surface area contributed by atoms with E-state index in [4.69, 9.17) is 4.74 Å². The highest BCUT2D eigenvalue weighted by Crippen LogP contribution is 2.41. The molecule has 4 aromatic rings. The highest BCUT2D eigenvalue weighted by molar-refractivity contribution is 7.17. The first-order chi connectivity index (χ1) is 17.6. The van der Waals surface area contributed by atoms with Crippen LogP contribution in [-0.2, 0) is 4.74 Å². The van der Waals surface area contributed by atoms with Crippen LogP contribution in [0, 0.1) is 6.92 Å². The van der Waals surface area contributed by atoms with Gasteiger partial charge < -0.3 is 9.64 Å². The SMILES string of the molecule is Cc1ccccc1N(c1ccc(C=C2C(=O)c3cscc3C2=O)s1)c1ccccc1[SiH]1CCOCC1. The molecule has 0 bridgehead atoms. The molecule has 0 amide bonds. The third-order valence-corrected chi connectivity index (χ3v) is 11.9.